The fourth-order valence-corrected chi connectivity index (χ4v) is 4.56. The second-order valence-corrected chi connectivity index (χ2v) is 7.65. The lowest BCUT2D eigenvalue weighted by molar-refractivity contribution is -0.141. The maximum absolute atomic E-state index is 14.5. The molecule has 1 saturated heterocycles. The van der Waals surface area contributed by atoms with Crippen molar-refractivity contribution in [3.63, 3.8) is 0 Å². The van der Waals surface area contributed by atoms with Gasteiger partial charge < -0.3 is 14.9 Å². The van der Waals surface area contributed by atoms with Gasteiger partial charge in [-0.25, -0.2) is 18.8 Å². The highest BCUT2D eigenvalue weighted by Gasteiger charge is 2.50. The number of hydrogen-bond acceptors (Lipinski definition) is 6. The van der Waals surface area contributed by atoms with Gasteiger partial charge in [0.1, 0.15) is 29.5 Å². The number of nitrogens with two attached hydrogens (primary N) is 1. The highest BCUT2D eigenvalue weighted by molar-refractivity contribution is 8.13. The monoisotopic (exact) mass is 419 g/mol. The second kappa shape index (κ2) is 6.73. The third-order valence-electron chi connectivity index (χ3n) is 4.91. The lowest BCUT2D eigenvalue weighted by Gasteiger charge is -2.45. The quantitative estimate of drug-likeness (QED) is 0.745. The van der Waals surface area contributed by atoms with Crippen LogP contribution in [0, 0.1) is 17.6 Å². The Balaban J connectivity index is 1.67. The average molecular weight is 419 g/mol. The van der Waals surface area contributed by atoms with Gasteiger partial charge in [-0.3, -0.25) is 0 Å². The van der Waals surface area contributed by atoms with Gasteiger partial charge in [-0.2, -0.15) is 13.2 Å². The Labute approximate surface area is 160 Å². The van der Waals surface area contributed by atoms with Crippen molar-refractivity contribution >= 4 is 16.9 Å². The molecule has 1 aromatic carbocycles. The van der Waals surface area contributed by atoms with Crippen molar-refractivity contribution in [3.05, 3.63) is 53.2 Å². The Morgan fingerprint density at radius 2 is 2.04 bits per heavy atom. The van der Waals surface area contributed by atoms with E-state index in [1.807, 2.05) is 0 Å². The molecule has 0 amide bonds. The lowest BCUT2D eigenvalue weighted by Crippen LogP contribution is -2.48. The summed E-state index contributed by atoms with van der Waals surface area (Å²) in [6.07, 6.45) is -4.74. The van der Waals surface area contributed by atoms with E-state index in [1.165, 1.54) is 17.8 Å². The highest BCUT2D eigenvalue weighted by atomic mass is 32.2. The van der Waals surface area contributed by atoms with E-state index in [0.717, 1.165) is 12.1 Å². The standard InChI is InChI=1S/C17H14F5N3O2S/c18-9-1-2-10(11(19)4-9)16-7-27-12(3-8(16)6-28-15(23)25-16)14-24-13(5-26-14)17(20,21)22/h1-2,4-5,8,12H,3,6-7H2,(H2,23,25). The van der Waals surface area contributed by atoms with Crippen molar-refractivity contribution in [1.29, 1.82) is 0 Å². The van der Waals surface area contributed by atoms with Gasteiger partial charge in [-0.1, -0.05) is 17.8 Å². The zero-order chi connectivity index (χ0) is 20.1. The van der Waals surface area contributed by atoms with Crippen LogP contribution in [0.2, 0.25) is 0 Å². The molecule has 0 radical (unpaired) electrons. The number of thioether (sulfide) groups is 1. The molecule has 0 saturated carbocycles. The summed E-state index contributed by atoms with van der Waals surface area (Å²) in [4.78, 5) is 7.88. The van der Waals surface area contributed by atoms with Crippen molar-refractivity contribution < 1.29 is 31.1 Å². The van der Waals surface area contributed by atoms with E-state index in [0.29, 0.717) is 12.0 Å². The number of aromatic nitrogens is 1. The Morgan fingerprint density at radius 3 is 2.71 bits per heavy atom. The van der Waals surface area contributed by atoms with Crippen LogP contribution in [0.15, 0.2) is 33.9 Å². The van der Waals surface area contributed by atoms with Gasteiger partial charge in [-0.15, -0.1) is 0 Å². The minimum Gasteiger partial charge on any atom is -0.446 e. The number of hydrogen-bond donors (Lipinski definition) is 1. The summed E-state index contributed by atoms with van der Waals surface area (Å²) in [6.45, 7) is -0.157. The fraction of sp³-hybridized carbons (Fsp3) is 0.412. The number of fused-ring (bicyclic) bond motifs is 1. The second-order valence-electron chi connectivity index (χ2n) is 6.61. The van der Waals surface area contributed by atoms with Crippen molar-refractivity contribution in [2.45, 2.75) is 24.2 Å². The van der Waals surface area contributed by atoms with Crippen LogP contribution in [0.4, 0.5) is 22.0 Å². The molecule has 4 rings (SSSR count). The van der Waals surface area contributed by atoms with E-state index in [9.17, 15) is 22.0 Å². The summed E-state index contributed by atoms with van der Waals surface area (Å²) in [5.41, 5.74) is 3.64. The smallest absolute Gasteiger partial charge is 0.436 e. The van der Waals surface area contributed by atoms with E-state index in [2.05, 4.69) is 9.98 Å². The number of ether oxygens (including phenoxy) is 1. The van der Waals surface area contributed by atoms with Crippen molar-refractivity contribution in [3.8, 4) is 0 Å². The number of benzene rings is 1. The Bertz CT molecular complexity index is 932. The van der Waals surface area contributed by atoms with Gasteiger partial charge in [0.05, 0.1) is 6.61 Å². The maximum Gasteiger partial charge on any atom is 0.436 e. The van der Waals surface area contributed by atoms with E-state index in [1.54, 1.807) is 0 Å². The Hall–Kier alpha value is -2.14. The van der Waals surface area contributed by atoms with Crippen molar-refractivity contribution in [2.24, 2.45) is 16.6 Å². The number of nitrogens with zero attached hydrogens (tertiary/aromatic N) is 2. The normalized spacial score (nSPS) is 28.0. The third kappa shape index (κ3) is 3.26. The molecule has 11 heteroatoms. The molecule has 3 heterocycles. The first-order chi connectivity index (χ1) is 13.2. The first-order valence-electron chi connectivity index (χ1n) is 8.27. The number of halogens is 5. The molecular weight excluding hydrogens is 405 g/mol. The van der Waals surface area contributed by atoms with E-state index in [4.69, 9.17) is 14.9 Å². The molecule has 28 heavy (non-hydrogen) atoms. The number of amidine groups is 1. The highest BCUT2D eigenvalue weighted by Crippen LogP contribution is 2.49. The maximum atomic E-state index is 14.5. The predicted octanol–water partition coefficient (Wildman–Crippen LogP) is 4.01. The minimum absolute atomic E-state index is 0.129. The van der Waals surface area contributed by atoms with Crippen LogP contribution in [0.3, 0.4) is 0 Å². The van der Waals surface area contributed by atoms with Gasteiger partial charge in [0, 0.05) is 23.3 Å². The summed E-state index contributed by atoms with van der Waals surface area (Å²) < 4.78 is 76.8. The fourth-order valence-electron chi connectivity index (χ4n) is 3.55. The summed E-state index contributed by atoms with van der Waals surface area (Å²) in [7, 11) is 0. The van der Waals surface area contributed by atoms with Crippen LogP contribution in [0.1, 0.15) is 29.7 Å². The third-order valence-corrected chi connectivity index (χ3v) is 5.86. The summed E-state index contributed by atoms with van der Waals surface area (Å²) in [5.74, 6) is -1.60. The first kappa shape index (κ1) is 19.2. The van der Waals surface area contributed by atoms with Crippen LogP contribution >= 0.6 is 11.8 Å². The molecule has 2 aliphatic rings. The zero-order valence-electron chi connectivity index (χ0n) is 14.2. The molecule has 0 aliphatic carbocycles. The molecule has 0 bridgehead atoms. The topological polar surface area (TPSA) is 73.6 Å². The van der Waals surface area contributed by atoms with Crippen LogP contribution in [0.5, 0.6) is 0 Å². The number of aliphatic imine (C=N–C) groups is 1. The van der Waals surface area contributed by atoms with Gasteiger partial charge in [0.2, 0.25) is 5.89 Å². The number of rotatable bonds is 2. The van der Waals surface area contributed by atoms with Crippen molar-refractivity contribution in [1.82, 2.24) is 4.98 Å². The van der Waals surface area contributed by atoms with Crippen molar-refractivity contribution in [2.75, 3.05) is 12.4 Å². The average Bonchev–Trinajstić information content (AvgIpc) is 3.11. The SMILES string of the molecule is NC1=NC2(c3ccc(F)cc3F)COC(c3nc(C(F)(F)F)co3)CC2CS1. The molecule has 3 atom stereocenters. The van der Waals surface area contributed by atoms with E-state index >= 15 is 0 Å². The molecule has 5 nitrogen and oxygen atoms in total. The molecule has 150 valence electrons. The molecule has 1 fully saturated rings. The minimum atomic E-state index is -4.63. The van der Waals surface area contributed by atoms with Crippen LogP contribution in [-0.2, 0) is 16.5 Å². The Kier molecular flexibility index (Phi) is 4.61. The number of alkyl halides is 3. The van der Waals surface area contributed by atoms with Gasteiger partial charge in [0.25, 0.3) is 0 Å². The predicted molar refractivity (Wildman–Crippen MR) is 90.4 cm³/mol. The first-order valence-corrected chi connectivity index (χ1v) is 9.25. The molecule has 2 N–H and O–H groups in total. The molecular formula is C17H14F5N3O2S. The lowest BCUT2D eigenvalue weighted by atomic mass is 9.75. The van der Waals surface area contributed by atoms with E-state index < -0.39 is 35.1 Å². The van der Waals surface area contributed by atoms with Gasteiger partial charge in [-0.05, 0) is 12.5 Å². The summed E-state index contributed by atoms with van der Waals surface area (Å²) in [5, 5.41) is 0.234. The van der Waals surface area contributed by atoms with Gasteiger partial charge >= 0.3 is 6.18 Å². The molecule has 0 spiro atoms. The number of oxazole rings is 1. The molecule has 1 aromatic heterocycles. The Morgan fingerprint density at radius 1 is 1.25 bits per heavy atom. The summed E-state index contributed by atoms with van der Waals surface area (Å²) >= 11 is 1.26. The van der Waals surface area contributed by atoms with Crippen LogP contribution in [-0.4, -0.2) is 22.5 Å². The van der Waals surface area contributed by atoms with Crippen LogP contribution < -0.4 is 5.73 Å². The molecule has 2 aliphatic heterocycles. The molecule has 2 aromatic rings. The van der Waals surface area contributed by atoms with Crippen LogP contribution in [0.25, 0.3) is 0 Å². The largest absolute Gasteiger partial charge is 0.446 e. The zero-order valence-corrected chi connectivity index (χ0v) is 15.0. The van der Waals surface area contributed by atoms with Gasteiger partial charge in [0.15, 0.2) is 10.9 Å². The molecule has 3 unspecified atom stereocenters. The summed E-state index contributed by atoms with van der Waals surface area (Å²) in [6, 6.07) is 3.17. The van der Waals surface area contributed by atoms with E-state index in [-0.39, 0.29) is 35.6 Å².